The van der Waals surface area contributed by atoms with Crippen molar-refractivity contribution < 1.29 is 74.0 Å². The van der Waals surface area contributed by atoms with E-state index in [-0.39, 0.29) is 99.1 Å². The molecule has 0 unspecified atom stereocenters. The van der Waals surface area contributed by atoms with Gasteiger partial charge in [-0.3, -0.25) is 40.5 Å². The largest absolute Gasteiger partial charge is 3.00 e. The van der Waals surface area contributed by atoms with E-state index in [0.717, 1.165) is 0 Å². The summed E-state index contributed by atoms with van der Waals surface area (Å²) < 4.78 is 0. The summed E-state index contributed by atoms with van der Waals surface area (Å²) in [6, 6.07) is 4.88. The number of hydrogen-bond acceptors (Lipinski definition) is 10. The molecule has 2 N–H and O–H groups in total. The first-order valence-corrected chi connectivity index (χ1v) is 9.89. The Morgan fingerprint density at radius 2 is 0.675 bits per heavy atom. The van der Waals surface area contributed by atoms with Gasteiger partial charge in [-0.15, -0.1) is 0 Å². The van der Waals surface area contributed by atoms with Crippen molar-refractivity contribution in [2.45, 2.75) is 0 Å². The number of nitrogens with zero attached hydrogens (tertiary/aromatic N) is 6. The van der Waals surface area contributed by atoms with Crippen LogP contribution in [0.4, 0.5) is 22.7 Å². The minimum atomic E-state index is -0.771. The molecule has 207 valence electrons. The average molecular weight is 653 g/mol. The molecule has 0 amide bonds. The van der Waals surface area contributed by atoms with Gasteiger partial charge in [-0.05, 0) is 48.6 Å². The van der Waals surface area contributed by atoms with Crippen molar-refractivity contribution >= 4 is 69.1 Å². The van der Waals surface area contributed by atoms with Crippen molar-refractivity contribution in [2.75, 3.05) is 0 Å². The first-order valence-electron chi connectivity index (χ1n) is 9.89. The van der Waals surface area contributed by atoms with Crippen LogP contribution in [0.5, 0.6) is 0 Å². The second-order valence-electron chi connectivity index (χ2n) is 7.43. The number of nitrogens with one attached hydrogen (secondary N) is 2. The van der Waals surface area contributed by atoms with Crippen molar-refractivity contribution in [3.63, 3.8) is 0 Å². The maximum atomic E-state index is 11.9. The van der Waals surface area contributed by atoms with Crippen LogP contribution in [0.1, 0.15) is 22.8 Å². The van der Waals surface area contributed by atoms with E-state index in [2.05, 4.69) is 19.9 Å². The Hall–Kier alpha value is -4.41. The molecule has 0 saturated carbocycles. The molecule has 5 heterocycles. The Balaban J connectivity index is 0.00000200. The van der Waals surface area contributed by atoms with Crippen LogP contribution in [-0.2, 0) is 17.1 Å². The summed E-state index contributed by atoms with van der Waals surface area (Å²) in [5.74, 6) is 0. The van der Waals surface area contributed by atoms with Gasteiger partial charge in [0.25, 0.3) is 0 Å². The van der Waals surface area contributed by atoms with E-state index in [1.54, 1.807) is 0 Å². The Morgan fingerprint density at radius 1 is 0.475 bits per heavy atom. The summed E-state index contributed by atoms with van der Waals surface area (Å²) in [5, 5.41) is 47.5. The number of aromatic nitrogens is 4. The van der Waals surface area contributed by atoms with Crippen molar-refractivity contribution in [1.82, 2.24) is 19.9 Å². The smallest absolute Gasteiger partial charge is 1.00 e. The fourth-order valence-electron chi connectivity index (χ4n) is 3.91. The van der Waals surface area contributed by atoms with Crippen molar-refractivity contribution in [1.29, 1.82) is 0 Å². The molecular weight excluding hydrogens is 642 g/mol. The van der Waals surface area contributed by atoms with E-state index in [0.29, 0.717) is 0 Å². The quantitative estimate of drug-likeness (QED) is 0.107. The van der Waals surface area contributed by atoms with Crippen LogP contribution >= 0.6 is 0 Å². The molecule has 0 saturated heterocycles. The topological polar surface area (TPSA) is 230 Å². The van der Waals surface area contributed by atoms with Gasteiger partial charge in [0.1, 0.15) is 44.8 Å². The summed E-state index contributed by atoms with van der Waals surface area (Å²) in [6.07, 6.45) is 4.76. The van der Waals surface area contributed by atoms with Crippen LogP contribution in [0, 0.1) is 40.5 Å². The van der Waals surface area contributed by atoms with Gasteiger partial charge in [-0.2, -0.15) is 0 Å². The van der Waals surface area contributed by atoms with E-state index in [4.69, 9.17) is 0 Å². The first kappa shape index (κ1) is 33.6. The van der Waals surface area contributed by atoms with Crippen molar-refractivity contribution in [3.05, 3.63) is 87.5 Å². The zero-order valence-corrected chi connectivity index (χ0v) is 22.4. The van der Waals surface area contributed by atoms with Gasteiger partial charge >= 0.3 is 39.8 Å². The van der Waals surface area contributed by atoms with E-state index in [9.17, 15) is 40.5 Å². The number of hydrogen-bond donors (Lipinski definition) is 2. The average Bonchev–Trinajstić information content (AvgIpc) is 3.57. The van der Waals surface area contributed by atoms with Gasteiger partial charge < -0.3 is 47.2 Å². The van der Waals surface area contributed by atoms with E-state index < -0.39 is 42.4 Å². The van der Waals surface area contributed by atoms with E-state index in [1.165, 1.54) is 48.6 Å². The van der Waals surface area contributed by atoms with Crippen LogP contribution in [0.3, 0.4) is 0 Å². The predicted octanol–water partition coefficient (Wildman–Crippen LogP) is -4.70. The monoisotopic (exact) mass is 651 g/mol. The van der Waals surface area contributed by atoms with E-state index >= 15 is 0 Å². The standard InChI is InChI=1S/C20H10N8O8.3ClH.Fe/c29-25(30)17-9-1-2-10(21-9)18(26(31)32)12-5-6-14(23-12)20(28(35)36)16-8-7-15(24-16)19(27(33)34)13-4-3-11(17)22-13;;;;/h1-8,21,24H;3*1H;/q;;;;+3/p-3. The molecule has 8 bridgehead atoms. The van der Waals surface area contributed by atoms with Crippen LogP contribution in [0.2, 0.25) is 0 Å². The third-order valence-electron chi connectivity index (χ3n) is 5.37. The molecule has 0 spiro atoms. The van der Waals surface area contributed by atoms with Gasteiger partial charge in [0, 0.05) is 0 Å². The minimum Gasteiger partial charge on any atom is -1.00 e. The zero-order chi connectivity index (χ0) is 25.7. The second kappa shape index (κ2) is 12.6. The molecule has 20 heteroatoms. The third-order valence-corrected chi connectivity index (χ3v) is 5.37. The molecule has 16 nitrogen and oxygen atoms in total. The summed E-state index contributed by atoms with van der Waals surface area (Å²) >= 11 is 0. The SMILES string of the molecule is O=[N+]([O-])c1c2nc(c([N+](=O)[O-])c3ccc([nH]3)c([N+](=O)[O-])c3nc(c([N+](=O)[O-])c4ccc1[nH]4)C=C3)C=C2.[Cl-].[Cl-].[Cl-].[Fe+3]. The molecule has 40 heavy (non-hydrogen) atoms. The second-order valence-corrected chi connectivity index (χ2v) is 7.43. The molecule has 0 atom stereocenters. The van der Waals surface area contributed by atoms with Gasteiger partial charge in [0.15, 0.2) is 0 Å². The van der Waals surface area contributed by atoms with Crippen LogP contribution in [0.25, 0.3) is 46.4 Å². The molecule has 3 aromatic heterocycles. The fourth-order valence-corrected chi connectivity index (χ4v) is 3.91. The molecule has 2 aliphatic rings. The zero-order valence-electron chi connectivity index (χ0n) is 19.1. The summed E-state index contributed by atoms with van der Waals surface area (Å²) in [7, 11) is 0. The molecule has 3 aromatic rings. The van der Waals surface area contributed by atoms with Crippen LogP contribution in [-0.4, -0.2) is 39.6 Å². The van der Waals surface area contributed by atoms with Crippen molar-refractivity contribution in [3.8, 4) is 0 Å². The molecule has 0 aliphatic carbocycles. The van der Waals surface area contributed by atoms with E-state index in [1.807, 2.05) is 0 Å². The molecule has 2 aliphatic heterocycles. The number of nitro groups is 4. The third kappa shape index (κ3) is 5.63. The minimum absolute atomic E-state index is 0. The van der Waals surface area contributed by atoms with Crippen LogP contribution < -0.4 is 37.2 Å². The first-order chi connectivity index (χ1) is 17.2. The van der Waals surface area contributed by atoms with Crippen molar-refractivity contribution in [2.24, 2.45) is 0 Å². The van der Waals surface area contributed by atoms with Gasteiger partial charge in [-0.1, -0.05) is 0 Å². The summed E-state index contributed by atoms with van der Waals surface area (Å²) in [6.45, 7) is 0. The number of halogens is 3. The molecular formula is C20H10Cl3FeN8O8. The molecule has 5 rings (SSSR count). The fraction of sp³-hybridized carbons (Fsp3) is 0. The Morgan fingerprint density at radius 3 is 0.850 bits per heavy atom. The van der Waals surface area contributed by atoms with Crippen LogP contribution in [0.15, 0.2) is 24.3 Å². The Kier molecular flexibility index (Phi) is 10.6. The van der Waals surface area contributed by atoms with Gasteiger partial charge in [0.05, 0.1) is 19.7 Å². The molecule has 1 radical (unpaired) electrons. The summed E-state index contributed by atoms with van der Waals surface area (Å²) in [4.78, 5) is 57.7. The van der Waals surface area contributed by atoms with Gasteiger partial charge in [-0.25, -0.2) is 9.97 Å². The number of fused-ring (bicyclic) bond motifs is 8. The Labute approximate surface area is 249 Å². The number of rotatable bonds is 4. The molecule has 0 aromatic carbocycles. The summed E-state index contributed by atoms with van der Waals surface area (Å²) in [5.41, 5.74) is -3.86. The predicted molar refractivity (Wildman–Crippen MR) is 125 cm³/mol. The maximum Gasteiger partial charge on any atom is 3.00 e. The number of aromatic amines is 2. The number of H-pyrrole nitrogens is 2. The molecule has 0 fully saturated rings. The Bertz CT molecular complexity index is 1540. The maximum absolute atomic E-state index is 11.9. The van der Waals surface area contributed by atoms with Gasteiger partial charge in [0.2, 0.25) is 0 Å². The normalized spacial score (nSPS) is 10.8.